The summed E-state index contributed by atoms with van der Waals surface area (Å²) in [6, 6.07) is 7.25. The highest BCUT2D eigenvalue weighted by molar-refractivity contribution is 5.94. The third-order valence-corrected chi connectivity index (χ3v) is 3.12. The van der Waals surface area contributed by atoms with Gasteiger partial charge in [-0.3, -0.25) is 9.59 Å². The lowest BCUT2D eigenvalue weighted by molar-refractivity contribution is -0.141. The fraction of sp³-hybridized carbons (Fsp3) is 0.286. The van der Waals surface area contributed by atoms with Gasteiger partial charge in [-0.1, -0.05) is 12.1 Å². The molecule has 1 aromatic carbocycles. The average Bonchev–Trinajstić information content (AvgIpc) is 2.41. The molecule has 0 aliphatic carbocycles. The summed E-state index contributed by atoms with van der Waals surface area (Å²) in [5.41, 5.74) is 7.18. The number of likely N-dealkylation sites (N-methyl/N-ethyl adjacent to an activating group) is 1. The molecular weight excluding hydrogens is 242 g/mol. The van der Waals surface area contributed by atoms with E-state index in [1.807, 2.05) is 12.1 Å². The van der Waals surface area contributed by atoms with Gasteiger partial charge in [0.05, 0.1) is 0 Å². The molecule has 19 heavy (non-hydrogen) atoms. The van der Waals surface area contributed by atoms with Crippen molar-refractivity contribution >= 4 is 23.6 Å². The molecule has 0 saturated carbocycles. The number of benzene rings is 1. The third kappa shape index (κ3) is 3.34. The minimum atomic E-state index is -0.140. The summed E-state index contributed by atoms with van der Waals surface area (Å²) in [6.07, 6.45) is 3.22. The van der Waals surface area contributed by atoms with Crippen molar-refractivity contribution in [2.75, 3.05) is 32.4 Å². The van der Waals surface area contributed by atoms with Crippen molar-refractivity contribution in [3.8, 4) is 0 Å². The van der Waals surface area contributed by atoms with E-state index in [2.05, 4.69) is 0 Å². The van der Waals surface area contributed by atoms with Crippen LogP contribution in [0.15, 0.2) is 30.3 Å². The number of nitrogens with two attached hydrogens (primary N) is 1. The number of piperazine rings is 1. The smallest absolute Gasteiger partial charge is 0.247 e. The quantitative estimate of drug-likeness (QED) is 0.624. The van der Waals surface area contributed by atoms with Crippen LogP contribution in [0.5, 0.6) is 0 Å². The van der Waals surface area contributed by atoms with Crippen molar-refractivity contribution in [2.24, 2.45) is 0 Å². The summed E-state index contributed by atoms with van der Waals surface area (Å²) in [4.78, 5) is 26.6. The number of nitrogen functional groups attached to an aromatic ring is 1. The Bertz CT molecular complexity index is 508. The molecule has 5 heteroatoms. The number of hydrogen-bond donors (Lipinski definition) is 1. The van der Waals surface area contributed by atoms with Gasteiger partial charge in [-0.15, -0.1) is 0 Å². The summed E-state index contributed by atoms with van der Waals surface area (Å²) >= 11 is 0. The number of rotatable bonds is 2. The van der Waals surface area contributed by atoms with E-state index >= 15 is 0 Å². The van der Waals surface area contributed by atoms with Crippen molar-refractivity contribution in [3.63, 3.8) is 0 Å². The van der Waals surface area contributed by atoms with Gasteiger partial charge in [0, 0.05) is 31.9 Å². The number of nitrogens with zero attached hydrogens (tertiary/aromatic N) is 2. The van der Waals surface area contributed by atoms with Crippen LogP contribution in [0.2, 0.25) is 0 Å². The molecule has 1 saturated heterocycles. The van der Waals surface area contributed by atoms with Crippen LogP contribution in [-0.4, -0.2) is 48.3 Å². The lowest BCUT2D eigenvalue weighted by Crippen LogP contribution is -2.50. The minimum absolute atomic E-state index is 0.0273. The SMILES string of the molecule is CN1CCN(C(=O)/C=C/c2ccc(N)cc2)CC1=O. The van der Waals surface area contributed by atoms with Crippen LogP contribution >= 0.6 is 0 Å². The Kier molecular flexibility index (Phi) is 3.85. The van der Waals surface area contributed by atoms with Gasteiger partial charge < -0.3 is 15.5 Å². The lowest BCUT2D eigenvalue weighted by atomic mass is 10.2. The Hall–Kier alpha value is -2.30. The topological polar surface area (TPSA) is 66.6 Å². The number of carbonyl (C=O) groups excluding carboxylic acids is 2. The van der Waals surface area contributed by atoms with Crippen LogP contribution in [0, 0.1) is 0 Å². The Morgan fingerprint density at radius 1 is 1.26 bits per heavy atom. The highest BCUT2D eigenvalue weighted by Crippen LogP contribution is 2.08. The van der Waals surface area contributed by atoms with E-state index < -0.39 is 0 Å². The van der Waals surface area contributed by atoms with Crippen molar-refractivity contribution in [1.29, 1.82) is 0 Å². The fourth-order valence-electron chi connectivity index (χ4n) is 1.83. The molecule has 1 aliphatic heterocycles. The van der Waals surface area contributed by atoms with Gasteiger partial charge in [0.2, 0.25) is 11.8 Å². The van der Waals surface area contributed by atoms with E-state index in [0.29, 0.717) is 18.8 Å². The molecule has 2 rings (SSSR count). The number of amides is 2. The molecule has 0 unspecified atom stereocenters. The maximum absolute atomic E-state index is 11.9. The Balaban J connectivity index is 1.97. The second kappa shape index (κ2) is 5.56. The first-order valence-corrected chi connectivity index (χ1v) is 6.13. The van der Waals surface area contributed by atoms with Gasteiger partial charge in [0.1, 0.15) is 6.54 Å². The second-order valence-corrected chi connectivity index (χ2v) is 4.58. The van der Waals surface area contributed by atoms with Crippen molar-refractivity contribution in [2.45, 2.75) is 0 Å². The Morgan fingerprint density at radius 2 is 1.95 bits per heavy atom. The van der Waals surface area contributed by atoms with E-state index in [0.717, 1.165) is 5.56 Å². The molecule has 100 valence electrons. The van der Waals surface area contributed by atoms with E-state index in [-0.39, 0.29) is 18.4 Å². The molecule has 2 N–H and O–H groups in total. The molecule has 1 aromatic rings. The van der Waals surface area contributed by atoms with E-state index in [1.54, 1.807) is 35.1 Å². The molecule has 1 fully saturated rings. The largest absolute Gasteiger partial charge is 0.399 e. The van der Waals surface area contributed by atoms with Gasteiger partial charge in [-0.25, -0.2) is 0 Å². The first-order valence-electron chi connectivity index (χ1n) is 6.13. The molecule has 0 bridgehead atoms. The Morgan fingerprint density at radius 3 is 2.58 bits per heavy atom. The predicted molar refractivity (Wildman–Crippen MR) is 74.1 cm³/mol. The second-order valence-electron chi connectivity index (χ2n) is 4.58. The molecule has 1 heterocycles. The van der Waals surface area contributed by atoms with Crippen molar-refractivity contribution < 1.29 is 9.59 Å². The zero-order chi connectivity index (χ0) is 13.8. The summed E-state index contributed by atoms with van der Waals surface area (Å²) in [6.45, 7) is 1.31. The molecule has 0 spiro atoms. The van der Waals surface area contributed by atoms with Crippen LogP contribution in [-0.2, 0) is 9.59 Å². The average molecular weight is 259 g/mol. The van der Waals surface area contributed by atoms with E-state index in [4.69, 9.17) is 5.73 Å². The van der Waals surface area contributed by atoms with Crippen LogP contribution < -0.4 is 5.73 Å². The van der Waals surface area contributed by atoms with E-state index in [1.165, 1.54) is 6.08 Å². The van der Waals surface area contributed by atoms with Crippen LogP contribution in [0.1, 0.15) is 5.56 Å². The van der Waals surface area contributed by atoms with Crippen molar-refractivity contribution in [1.82, 2.24) is 9.80 Å². The summed E-state index contributed by atoms with van der Waals surface area (Å²) in [7, 11) is 1.74. The minimum Gasteiger partial charge on any atom is -0.399 e. The van der Waals surface area contributed by atoms with Crippen molar-refractivity contribution in [3.05, 3.63) is 35.9 Å². The van der Waals surface area contributed by atoms with Gasteiger partial charge in [-0.05, 0) is 23.8 Å². The summed E-state index contributed by atoms with van der Waals surface area (Å²) in [5.74, 6) is -0.168. The van der Waals surface area contributed by atoms with Gasteiger partial charge in [0.15, 0.2) is 0 Å². The maximum Gasteiger partial charge on any atom is 0.247 e. The lowest BCUT2D eigenvalue weighted by Gasteiger charge is -2.31. The highest BCUT2D eigenvalue weighted by Gasteiger charge is 2.23. The standard InChI is InChI=1S/C14H17N3O2/c1-16-8-9-17(10-14(16)19)13(18)7-4-11-2-5-12(15)6-3-11/h2-7H,8-10,15H2,1H3/b7-4+. The number of anilines is 1. The zero-order valence-electron chi connectivity index (χ0n) is 10.9. The van der Waals surface area contributed by atoms with Crippen LogP contribution in [0.3, 0.4) is 0 Å². The first kappa shape index (κ1) is 13.1. The van der Waals surface area contributed by atoms with E-state index in [9.17, 15) is 9.59 Å². The highest BCUT2D eigenvalue weighted by atomic mass is 16.2. The third-order valence-electron chi connectivity index (χ3n) is 3.12. The fourth-order valence-corrected chi connectivity index (χ4v) is 1.83. The van der Waals surface area contributed by atoms with Crippen LogP contribution in [0.25, 0.3) is 6.08 Å². The molecule has 2 amide bonds. The first-order chi connectivity index (χ1) is 9.06. The van der Waals surface area contributed by atoms with Gasteiger partial charge in [-0.2, -0.15) is 0 Å². The number of carbonyl (C=O) groups is 2. The molecule has 5 nitrogen and oxygen atoms in total. The van der Waals surface area contributed by atoms with Gasteiger partial charge >= 0.3 is 0 Å². The zero-order valence-corrected chi connectivity index (χ0v) is 10.9. The molecule has 1 aliphatic rings. The molecular formula is C14H17N3O2. The number of hydrogen-bond acceptors (Lipinski definition) is 3. The molecule has 0 atom stereocenters. The Labute approximate surface area is 112 Å². The normalized spacial score (nSPS) is 16.2. The summed E-state index contributed by atoms with van der Waals surface area (Å²) in [5, 5.41) is 0. The van der Waals surface area contributed by atoms with Gasteiger partial charge in [0.25, 0.3) is 0 Å². The monoisotopic (exact) mass is 259 g/mol. The van der Waals surface area contributed by atoms with Crippen LogP contribution in [0.4, 0.5) is 5.69 Å². The summed E-state index contributed by atoms with van der Waals surface area (Å²) < 4.78 is 0. The molecule has 0 radical (unpaired) electrons. The molecule has 0 aromatic heterocycles. The predicted octanol–water partition coefficient (Wildman–Crippen LogP) is 0.583. The maximum atomic E-state index is 11.9.